The molecule has 0 spiro atoms. The lowest BCUT2D eigenvalue weighted by Crippen LogP contribution is -2.07. The standard InChI is InChI=1S/C21H13NO4S/c23-20(15-5-2-1-3-6-15)25-16-10-8-14(9-11-16)13-17-21(24)26-19(22-17)18-7-4-12-27-18/h1-13H/b17-13+. The Kier molecular flexibility index (Phi) is 4.63. The first-order chi connectivity index (χ1) is 13.2. The van der Waals surface area contributed by atoms with E-state index in [4.69, 9.17) is 9.47 Å². The highest BCUT2D eigenvalue weighted by atomic mass is 32.1. The number of hydrogen-bond acceptors (Lipinski definition) is 6. The number of rotatable bonds is 4. The summed E-state index contributed by atoms with van der Waals surface area (Å²) in [5.74, 6) is -0.179. The molecule has 1 aliphatic rings. The van der Waals surface area contributed by atoms with Crippen LogP contribution in [0.3, 0.4) is 0 Å². The molecule has 132 valence electrons. The summed E-state index contributed by atoms with van der Waals surface area (Å²) >= 11 is 1.45. The normalized spacial score (nSPS) is 14.7. The Balaban J connectivity index is 1.48. The lowest BCUT2D eigenvalue weighted by atomic mass is 10.2. The van der Waals surface area contributed by atoms with Gasteiger partial charge in [-0.3, -0.25) is 0 Å². The molecule has 6 heteroatoms. The summed E-state index contributed by atoms with van der Waals surface area (Å²) in [5.41, 5.74) is 1.46. The molecule has 1 aromatic heterocycles. The van der Waals surface area contributed by atoms with Gasteiger partial charge in [0.25, 0.3) is 0 Å². The molecule has 2 aromatic carbocycles. The Morgan fingerprint density at radius 2 is 1.78 bits per heavy atom. The fraction of sp³-hybridized carbons (Fsp3) is 0. The Labute approximate surface area is 159 Å². The predicted octanol–water partition coefficient (Wildman–Crippen LogP) is 4.31. The van der Waals surface area contributed by atoms with Gasteiger partial charge in [0, 0.05) is 0 Å². The number of ether oxygens (including phenoxy) is 2. The van der Waals surface area contributed by atoms with Gasteiger partial charge >= 0.3 is 11.9 Å². The van der Waals surface area contributed by atoms with Gasteiger partial charge in [0.2, 0.25) is 5.90 Å². The smallest absolute Gasteiger partial charge is 0.363 e. The van der Waals surface area contributed by atoms with Crippen molar-refractivity contribution in [2.75, 3.05) is 0 Å². The number of nitrogens with zero attached hydrogens (tertiary/aromatic N) is 1. The third kappa shape index (κ3) is 3.86. The van der Waals surface area contributed by atoms with E-state index >= 15 is 0 Å². The molecule has 2 heterocycles. The molecule has 5 nitrogen and oxygen atoms in total. The summed E-state index contributed by atoms with van der Waals surface area (Å²) in [6.07, 6.45) is 1.63. The summed E-state index contributed by atoms with van der Waals surface area (Å²) in [4.78, 5) is 29.1. The molecule has 0 amide bonds. The molecule has 0 unspecified atom stereocenters. The third-order valence-corrected chi connectivity index (χ3v) is 4.61. The summed E-state index contributed by atoms with van der Waals surface area (Å²) in [6.45, 7) is 0. The van der Waals surface area contributed by atoms with Crippen LogP contribution in [-0.2, 0) is 9.53 Å². The van der Waals surface area contributed by atoms with E-state index in [0.29, 0.717) is 17.2 Å². The second-order valence-electron chi connectivity index (χ2n) is 5.64. The van der Waals surface area contributed by atoms with Crippen LogP contribution in [0.25, 0.3) is 6.08 Å². The number of hydrogen-bond donors (Lipinski definition) is 0. The second-order valence-corrected chi connectivity index (χ2v) is 6.59. The van der Waals surface area contributed by atoms with Crippen LogP contribution in [0.2, 0.25) is 0 Å². The van der Waals surface area contributed by atoms with Crippen molar-refractivity contribution < 1.29 is 19.1 Å². The van der Waals surface area contributed by atoms with Crippen molar-refractivity contribution in [2.24, 2.45) is 4.99 Å². The van der Waals surface area contributed by atoms with Crippen molar-refractivity contribution in [2.45, 2.75) is 0 Å². The Morgan fingerprint density at radius 3 is 2.48 bits per heavy atom. The largest absolute Gasteiger partial charge is 0.423 e. The Bertz CT molecular complexity index is 1040. The molecule has 3 aromatic rings. The van der Waals surface area contributed by atoms with E-state index in [9.17, 15) is 9.59 Å². The van der Waals surface area contributed by atoms with E-state index in [0.717, 1.165) is 10.4 Å². The minimum Gasteiger partial charge on any atom is -0.423 e. The SMILES string of the molecule is O=C1OC(c2cccs2)=N/C1=C/c1ccc(OC(=O)c2ccccc2)cc1. The molecule has 0 saturated heterocycles. The second kappa shape index (κ2) is 7.39. The maximum absolute atomic E-state index is 12.1. The number of cyclic esters (lactones) is 1. The Morgan fingerprint density at radius 1 is 1.00 bits per heavy atom. The molecule has 0 aliphatic carbocycles. The maximum atomic E-state index is 12.1. The van der Waals surface area contributed by atoms with Crippen molar-refractivity contribution in [3.8, 4) is 5.75 Å². The first-order valence-corrected chi connectivity index (χ1v) is 9.01. The van der Waals surface area contributed by atoms with Gasteiger partial charge in [-0.25, -0.2) is 14.6 Å². The number of thiophene rings is 1. The average molecular weight is 375 g/mol. The molecule has 0 atom stereocenters. The number of benzene rings is 2. The van der Waals surface area contributed by atoms with Crippen molar-refractivity contribution in [3.05, 3.63) is 93.8 Å². The predicted molar refractivity (Wildman–Crippen MR) is 103 cm³/mol. The lowest BCUT2D eigenvalue weighted by Gasteiger charge is -2.04. The van der Waals surface area contributed by atoms with Crippen LogP contribution in [0, 0.1) is 0 Å². The van der Waals surface area contributed by atoms with Crippen LogP contribution in [0.5, 0.6) is 5.75 Å². The van der Waals surface area contributed by atoms with Gasteiger partial charge in [0.15, 0.2) is 5.70 Å². The quantitative estimate of drug-likeness (QED) is 0.387. The van der Waals surface area contributed by atoms with E-state index in [1.807, 2.05) is 23.6 Å². The van der Waals surface area contributed by atoms with Gasteiger partial charge in [0.1, 0.15) is 5.75 Å². The van der Waals surface area contributed by atoms with Gasteiger partial charge in [-0.1, -0.05) is 36.4 Å². The number of carbonyl (C=O) groups is 2. The Hall–Kier alpha value is -3.51. The average Bonchev–Trinajstić information content (AvgIpc) is 3.34. The number of esters is 2. The van der Waals surface area contributed by atoms with Crippen LogP contribution in [0.4, 0.5) is 0 Å². The third-order valence-electron chi connectivity index (χ3n) is 3.76. The van der Waals surface area contributed by atoms with Gasteiger partial charge in [-0.05, 0) is 47.4 Å². The number of carbonyl (C=O) groups excluding carboxylic acids is 2. The van der Waals surface area contributed by atoms with Gasteiger partial charge in [0.05, 0.1) is 10.4 Å². The first-order valence-electron chi connectivity index (χ1n) is 8.13. The van der Waals surface area contributed by atoms with Crippen LogP contribution in [0.15, 0.2) is 82.8 Å². The molecule has 1 aliphatic heterocycles. The van der Waals surface area contributed by atoms with Crippen molar-refractivity contribution in [1.82, 2.24) is 0 Å². The molecule has 0 fully saturated rings. The van der Waals surface area contributed by atoms with Crippen molar-refractivity contribution in [3.63, 3.8) is 0 Å². The fourth-order valence-electron chi connectivity index (χ4n) is 2.44. The van der Waals surface area contributed by atoms with Gasteiger partial charge in [-0.2, -0.15) is 0 Å². The molecule has 0 radical (unpaired) electrons. The van der Waals surface area contributed by atoms with E-state index in [2.05, 4.69) is 4.99 Å². The van der Waals surface area contributed by atoms with E-state index in [1.54, 1.807) is 54.6 Å². The molecule has 0 saturated carbocycles. The fourth-order valence-corrected chi connectivity index (χ4v) is 3.09. The zero-order valence-corrected chi connectivity index (χ0v) is 14.8. The van der Waals surface area contributed by atoms with Crippen LogP contribution >= 0.6 is 11.3 Å². The first kappa shape index (κ1) is 16.9. The van der Waals surface area contributed by atoms with Crippen LogP contribution in [-0.4, -0.2) is 17.8 Å². The summed E-state index contributed by atoms with van der Waals surface area (Å²) < 4.78 is 10.5. The lowest BCUT2D eigenvalue weighted by molar-refractivity contribution is -0.129. The summed E-state index contributed by atoms with van der Waals surface area (Å²) in [7, 11) is 0. The molecule has 4 rings (SSSR count). The van der Waals surface area contributed by atoms with E-state index in [-0.39, 0.29) is 5.70 Å². The van der Waals surface area contributed by atoms with Crippen LogP contribution < -0.4 is 4.74 Å². The van der Waals surface area contributed by atoms with Crippen LogP contribution in [0.1, 0.15) is 20.8 Å². The molecular formula is C21H13NO4S. The zero-order valence-electron chi connectivity index (χ0n) is 14.0. The monoisotopic (exact) mass is 375 g/mol. The molecule has 0 bridgehead atoms. The topological polar surface area (TPSA) is 65.0 Å². The summed E-state index contributed by atoms with van der Waals surface area (Å²) in [6, 6.07) is 19.3. The van der Waals surface area contributed by atoms with Crippen molar-refractivity contribution in [1.29, 1.82) is 0 Å². The van der Waals surface area contributed by atoms with Crippen molar-refractivity contribution >= 4 is 35.2 Å². The van der Waals surface area contributed by atoms with E-state index in [1.165, 1.54) is 11.3 Å². The highest BCUT2D eigenvalue weighted by Crippen LogP contribution is 2.22. The zero-order chi connectivity index (χ0) is 18.6. The molecular weight excluding hydrogens is 362 g/mol. The van der Waals surface area contributed by atoms with E-state index < -0.39 is 11.9 Å². The highest BCUT2D eigenvalue weighted by Gasteiger charge is 2.24. The maximum Gasteiger partial charge on any atom is 0.363 e. The highest BCUT2D eigenvalue weighted by molar-refractivity contribution is 7.12. The minimum atomic E-state index is -0.488. The molecule has 27 heavy (non-hydrogen) atoms. The van der Waals surface area contributed by atoms with Gasteiger partial charge < -0.3 is 9.47 Å². The van der Waals surface area contributed by atoms with Gasteiger partial charge in [-0.15, -0.1) is 11.3 Å². The summed E-state index contributed by atoms with van der Waals surface area (Å²) in [5, 5.41) is 1.89. The molecule has 0 N–H and O–H groups in total. The number of aliphatic imine (C=N–C) groups is 1. The minimum absolute atomic E-state index is 0.229.